The molecule has 0 saturated carbocycles. The molecular formula is C24H30N2O5. The molecule has 0 aliphatic heterocycles. The Morgan fingerprint density at radius 1 is 0.968 bits per heavy atom. The molecule has 0 saturated heterocycles. The summed E-state index contributed by atoms with van der Waals surface area (Å²) in [5, 5.41) is 4.66. The zero-order chi connectivity index (χ0) is 22.9. The van der Waals surface area contributed by atoms with Crippen molar-refractivity contribution >= 4 is 17.9 Å². The van der Waals surface area contributed by atoms with Gasteiger partial charge in [0.15, 0.2) is 0 Å². The Balaban J connectivity index is 1.94. The van der Waals surface area contributed by atoms with Crippen LogP contribution in [0.5, 0.6) is 5.75 Å². The third-order valence-electron chi connectivity index (χ3n) is 4.46. The molecule has 0 aromatic heterocycles. The number of esters is 1. The second kappa shape index (κ2) is 11.2. The Labute approximate surface area is 183 Å². The smallest absolute Gasteiger partial charge is 0.321 e. The van der Waals surface area contributed by atoms with E-state index in [1.165, 1.54) is 5.56 Å². The number of nitrogens with one attached hydrogen (secondary N) is 2. The Kier molecular flexibility index (Phi) is 8.61. The number of hydrogen-bond acceptors (Lipinski definition) is 5. The highest BCUT2D eigenvalue weighted by molar-refractivity contribution is 5.97. The minimum absolute atomic E-state index is 0.0429. The van der Waals surface area contributed by atoms with Crippen molar-refractivity contribution in [1.29, 1.82) is 0 Å². The molecule has 0 unspecified atom stereocenters. The fraction of sp³-hybridized carbons (Fsp3) is 0.375. The van der Waals surface area contributed by atoms with E-state index in [1.807, 2.05) is 24.3 Å². The van der Waals surface area contributed by atoms with Gasteiger partial charge in [0.25, 0.3) is 5.91 Å². The van der Waals surface area contributed by atoms with Gasteiger partial charge in [-0.2, -0.15) is 0 Å². The summed E-state index contributed by atoms with van der Waals surface area (Å²) >= 11 is 0. The highest BCUT2D eigenvalue weighted by atomic mass is 16.6. The maximum atomic E-state index is 12.5. The topological polar surface area (TPSA) is 93.7 Å². The van der Waals surface area contributed by atoms with Gasteiger partial charge in [-0.15, -0.1) is 0 Å². The number of ether oxygens (including phenoxy) is 2. The minimum Gasteiger partial charge on any atom is -0.493 e. The third-order valence-corrected chi connectivity index (χ3v) is 4.46. The largest absolute Gasteiger partial charge is 0.493 e. The molecule has 0 radical (unpaired) electrons. The first kappa shape index (κ1) is 23.9. The van der Waals surface area contributed by atoms with Crippen LogP contribution in [0.2, 0.25) is 0 Å². The summed E-state index contributed by atoms with van der Waals surface area (Å²) in [6.45, 7) is 8.59. The van der Waals surface area contributed by atoms with Gasteiger partial charge in [0.1, 0.15) is 5.75 Å². The SMILES string of the molecule is CCNC(=O)NC(=O)[C@H](OC(=O)CCOc1ccc(C(C)(C)C)cc1)c1ccccc1. The van der Waals surface area contributed by atoms with Crippen molar-refractivity contribution < 1.29 is 23.9 Å². The average Bonchev–Trinajstić information content (AvgIpc) is 2.72. The Bertz CT molecular complexity index is 873. The van der Waals surface area contributed by atoms with Crippen molar-refractivity contribution in [2.24, 2.45) is 0 Å². The molecule has 0 fully saturated rings. The second-order valence-corrected chi connectivity index (χ2v) is 8.00. The number of hydrogen-bond donors (Lipinski definition) is 2. The predicted octanol–water partition coefficient (Wildman–Crippen LogP) is 3.88. The van der Waals surface area contributed by atoms with E-state index >= 15 is 0 Å². The van der Waals surface area contributed by atoms with Crippen molar-refractivity contribution in [2.45, 2.75) is 45.6 Å². The van der Waals surface area contributed by atoms with Crippen molar-refractivity contribution in [3.63, 3.8) is 0 Å². The number of carbonyl (C=O) groups is 3. The number of rotatable bonds is 8. The Hall–Kier alpha value is -3.35. The highest BCUT2D eigenvalue weighted by Gasteiger charge is 2.26. The van der Waals surface area contributed by atoms with Crippen LogP contribution in [-0.2, 0) is 19.7 Å². The molecule has 2 aromatic carbocycles. The fourth-order valence-corrected chi connectivity index (χ4v) is 2.78. The molecule has 0 aliphatic carbocycles. The number of carbonyl (C=O) groups excluding carboxylic acids is 3. The minimum atomic E-state index is -1.23. The summed E-state index contributed by atoms with van der Waals surface area (Å²) in [6.07, 6.45) is -1.28. The first-order valence-corrected chi connectivity index (χ1v) is 10.3. The molecule has 7 nitrogen and oxygen atoms in total. The van der Waals surface area contributed by atoms with Crippen LogP contribution >= 0.6 is 0 Å². The number of imide groups is 1. The van der Waals surface area contributed by atoms with Crippen LogP contribution in [0.3, 0.4) is 0 Å². The number of benzene rings is 2. The van der Waals surface area contributed by atoms with E-state index in [0.29, 0.717) is 17.9 Å². The van der Waals surface area contributed by atoms with E-state index in [-0.39, 0.29) is 18.4 Å². The molecule has 2 rings (SSSR count). The van der Waals surface area contributed by atoms with E-state index in [0.717, 1.165) is 0 Å². The summed E-state index contributed by atoms with van der Waals surface area (Å²) < 4.78 is 11.0. The van der Waals surface area contributed by atoms with E-state index in [9.17, 15) is 14.4 Å². The van der Waals surface area contributed by atoms with Crippen molar-refractivity contribution in [3.05, 3.63) is 65.7 Å². The van der Waals surface area contributed by atoms with E-state index in [4.69, 9.17) is 9.47 Å². The molecule has 2 N–H and O–H groups in total. The Morgan fingerprint density at radius 3 is 2.19 bits per heavy atom. The van der Waals surface area contributed by atoms with Gasteiger partial charge < -0.3 is 14.8 Å². The molecule has 31 heavy (non-hydrogen) atoms. The summed E-state index contributed by atoms with van der Waals surface area (Å²) in [5.41, 5.74) is 1.70. The van der Waals surface area contributed by atoms with Crippen LogP contribution in [0.1, 0.15) is 51.3 Å². The van der Waals surface area contributed by atoms with Gasteiger partial charge >= 0.3 is 12.0 Å². The summed E-state index contributed by atoms with van der Waals surface area (Å²) in [5.74, 6) is -0.676. The van der Waals surface area contributed by atoms with E-state index < -0.39 is 24.0 Å². The van der Waals surface area contributed by atoms with Crippen molar-refractivity contribution in [2.75, 3.05) is 13.2 Å². The average molecular weight is 427 g/mol. The molecule has 0 aliphatic rings. The van der Waals surface area contributed by atoms with Crippen LogP contribution in [-0.4, -0.2) is 31.1 Å². The standard InChI is InChI=1S/C24H30N2O5/c1-5-25-23(29)26-22(28)21(17-9-7-6-8-10-17)31-20(27)15-16-30-19-13-11-18(12-14-19)24(2,3)4/h6-14,21H,5,15-16H2,1-4H3,(H2,25,26,28,29)/t21-/m1/s1. The van der Waals surface area contributed by atoms with Crippen molar-refractivity contribution in [3.8, 4) is 5.75 Å². The predicted molar refractivity (Wildman–Crippen MR) is 118 cm³/mol. The molecule has 3 amide bonds. The van der Waals surface area contributed by atoms with Crippen LogP contribution in [0.15, 0.2) is 54.6 Å². The van der Waals surface area contributed by atoms with Crippen LogP contribution in [0.4, 0.5) is 4.79 Å². The van der Waals surface area contributed by atoms with Crippen LogP contribution in [0, 0.1) is 0 Å². The monoisotopic (exact) mass is 426 g/mol. The Morgan fingerprint density at radius 2 is 1.61 bits per heavy atom. The lowest BCUT2D eigenvalue weighted by Crippen LogP contribution is -2.42. The molecule has 0 heterocycles. The lowest BCUT2D eigenvalue weighted by atomic mass is 9.87. The summed E-state index contributed by atoms with van der Waals surface area (Å²) in [7, 11) is 0. The van der Waals surface area contributed by atoms with Gasteiger partial charge in [-0.1, -0.05) is 63.2 Å². The van der Waals surface area contributed by atoms with Crippen LogP contribution < -0.4 is 15.4 Å². The van der Waals surface area contributed by atoms with E-state index in [2.05, 4.69) is 31.4 Å². The van der Waals surface area contributed by atoms with Gasteiger partial charge in [-0.05, 0) is 30.0 Å². The van der Waals surface area contributed by atoms with Gasteiger partial charge in [-0.3, -0.25) is 14.9 Å². The maximum Gasteiger partial charge on any atom is 0.321 e. The normalized spacial score (nSPS) is 11.9. The zero-order valence-corrected chi connectivity index (χ0v) is 18.4. The summed E-state index contributed by atoms with van der Waals surface area (Å²) in [6, 6.07) is 15.6. The fourth-order valence-electron chi connectivity index (χ4n) is 2.78. The maximum absolute atomic E-state index is 12.5. The molecule has 7 heteroatoms. The molecule has 0 bridgehead atoms. The zero-order valence-electron chi connectivity index (χ0n) is 18.4. The van der Waals surface area contributed by atoms with Crippen LogP contribution in [0.25, 0.3) is 0 Å². The molecule has 1 atom stereocenters. The van der Waals surface area contributed by atoms with Gasteiger partial charge in [0, 0.05) is 12.1 Å². The first-order chi connectivity index (χ1) is 14.7. The number of amides is 3. The van der Waals surface area contributed by atoms with Crippen molar-refractivity contribution in [1.82, 2.24) is 10.6 Å². The van der Waals surface area contributed by atoms with Gasteiger partial charge in [-0.25, -0.2) is 4.79 Å². The quantitative estimate of drug-likeness (QED) is 0.625. The molecule has 2 aromatic rings. The molecule has 0 spiro atoms. The third kappa shape index (κ3) is 7.77. The first-order valence-electron chi connectivity index (χ1n) is 10.3. The lowest BCUT2D eigenvalue weighted by Gasteiger charge is -2.19. The lowest BCUT2D eigenvalue weighted by molar-refractivity contribution is -0.156. The second-order valence-electron chi connectivity index (χ2n) is 8.00. The molecule has 166 valence electrons. The number of urea groups is 1. The van der Waals surface area contributed by atoms with Gasteiger partial charge in [0.05, 0.1) is 13.0 Å². The molecular weight excluding hydrogens is 396 g/mol. The van der Waals surface area contributed by atoms with Gasteiger partial charge in [0.2, 0.25) is 6.10 Å². The summed E-state index contributed by atoms with van der Waals surface area (Å²) in [4.78, 5) is 36.5. The highest BCUT2D eigenvalue weighted by Crippen LogP contribution is 2.24. The van der Waals surface area contributed by atoms with E-state index in [1.54, 1.807) is 37.3 Å².